The number of halogens is 1. The number of rotatable bonds is 7. The zero-order valence-electron chi connectivity index (χ0n) is 15.6. The third-order valence-electron chi connectivity index (χ3n) is 4.45. The van der Waals surface area contributed by atoms with Crippen molar-refractivity contribution in [3.8, 4) is 0 Å². The molecule has 1 aromatic heterocycles. The second kappa shape index (κ2) is 8.39. The van der Waals surface area contributed by atoms with Crippen LogP contribution in [0.4, 0.5) is 11.4 Å². The number of hydrogen-bond donors (Lipinski definition) is 1. The topological polar surface area (TPSA) is 50.2 Å². The van der Waals surface area contributed by atoms with E-state index in [9.17, 15) is 4.79 Å². The molecule has 1 amide bonds. The van der Waals surface area contributed by atoms with Crippen molar-refractivity contribution in [3.63, 3.8) is 0 Å². The van der Waals surface area contributed by atoms with Crippen molar-refractivity contribution in [1.29, 1.82) is 0 Å². The summed E-state index contributed by atoms with van der Waals surface area (Å²) < 4.78 is 1.80. The van der Waals surface area contributed by atoms with Crippen molar-refractivity contribution in [2.24, 2.45) is 5.92 Å². The minimum atomic E-state index is -0.212. The van der Waals surface area contributed by atoms with Gasteiger partial charge in [-0.2, -0.15) is 5.10 Å². The number of carbonyl (C=O) groups is 1. The van der Waals surface area contributed by atoms with Crippen LogP contribution in [-0.4, -0.2) is 28.8 Å². The van der Waals surface area contributed by atoms with Crippen LogP contribution in [0.1, 0.15) is 32.2 Å². The van der Waals surface area contributed by atoms with Crippen LogP contribution in [0.2, 0.25) is 5.02 Å². The molecule has 5 nitrogen and oxygen atoms in total. The van der Waals surface area contributed by atoms with Crippen molar-refractivity contribution in [3.05, 3.63) is 40.7 Å². The minimum absolute atomic E-state index is 0.0285. The third kappa shape index (κ3) is 4.54. The second-order valence-electron chi connectivity index (χ2n) is 6.28. The van der Waals surface area contributed by atoms with Gasteiger partial charge < -0.3 is 10.2 Å². The SMILES string of the molecule is CCN(CC)c1ccc(NC(=O)C(C)Cn2nc(C)c(Cl)c2C)cc1. The van der Waals surface area contributed by atoms with Gasteiger partial charge in [-0.3, -0.25) is 9.48 Å². The predicted octanol–water partition coefficient (Wildman–Crippen LogP) is 4.27. The van der Waals surface area contributed by atoms with E-state index in [0.717, 1.165) is 35.9 Å². The quantitative estimate of drug-likeness (QED) is 0.800. The summed E-state index contributed by atoms with van der Waals surface area (Å²) in [7, 11) is 0. The molecule has 1 N–H and O–H groups in total. The lowest BCUT2D eigenvalue weighted by Crippen LogP contribution is -2.25. The normalized spacial score (nSPS) is 12.1. The number of benzene rings is 1. The molecule has 0 bridgehead atoms. The van der Waals surface area contributed by atoms with Crippen LogP contribution in [0.25, 0.3) is 0 Å². The van der Waals surface area contributed by atoms with Crippen molar-refractivity contribution in [2.75, 3.05) is 23.3 Å². The molecule has 0 radical (unpaired) electrons. The van der Waals surface area contributed by atoms with Crippen LogP contribution in [0, 0.1) is 19.8 Å². The van der Waals surface area contributed by atoms with E-state index in [1.807, 2.05) is 45.0 Å². The molecule has 0 aliphatic rings. The van der Waals surface area contributed by atoms with E-state index in [0.29, 0.717) is 11.6 Å². The fourth-order valence-electron chi connectivity index (χ4n) is 2.80. The Hall–Kier alpha value is -2.01. The molecule has 2 aromatic rings. The highest BCUT2D eigenvalue weighted by molar-refractivity contribution is 6.31. The van der Waals surface area contributed by atoms with Gasteiger partial charge in [0.05, 0.1) is 28.9 Å². The first-order chi connectivity index (χ1) is 11.9. The highest BCUT2D eigenvalue weighted by Crippen LogP contribution is 2.21. The number of nitrogens with zero attached hydrogens (tertiary/aromatic N) is 3. The lowest BCUT2D eigenvalue weighted by atomic mass is 10.1. The third-order valence-corrected chi connectivity index (χ3v) is 5.00. The van der Waals surface area contributed by atoms with Gasteiger partial charge in [0.2, 0.25) is 5.91 Å². The summed E-state index contributed by atoms with van der Waals surface area (Å²) in [5.74, 6) is -0.240. The van der Waals surface area contributed by atoms with Gasteiger partial charge in [-0.25, -0.2) is 0 Å². The number of aryl methyl sites for hydroxylation is 1. The number of aromatic nitrogens is 2. The van der Waals surface area contributed by atoms with E-state index in [4.69, 9.17) is 11.6 Å². The summed E-state index contributed by atoms with van der Waals surface area (Å²) in [6.45, 7) is 12.4. The lowest BCUT2D eigenvalue weighted by molar-refractivity contribution is -0.119. The first-order valence-corrected chi connectivity index (χ1v) is 9.10. The van der Waals surface area contributed by atoms with Crippen LogP contribution in [0.3, 0.4) is 0 Å². The lowest BCUT2D eigenvalue weighted by Gasteiger charge is -2.21. The van der Waals surface area contributed by atoms with E-state index < -0.39 is 0 Å². The van der Waals surface area contributed by atoms with Crippen LogP contribution in [-0.2, 0) is 11.3 Å². The van der Waals surface area contributed by atoms with Crippen LogP contribution < -0.4 is 10.2 Å². The average molecular weight is 363 g/mol. The van der Waals surface area contributed by atoms with Crippen molar-refractivity contribution in [2.45, 2.75) is 41.2 Å². The van der Waals surface area contributed by atoms with Gasteiger partial charge in [0.1, 0.15) is 0 Å². The minimum Gasteiger partial charge on any atom is -0.372 e. The molecule has 0 aliphatic heterocycles. The molecule has 1 unspecified atom stereocenters. The molecule has 6 heteroatoms. The monoisotopic (exact) mass is 362 g/mol. The number of carbonyl (C=O) groups excluding carboxylic acids is 1. The first-order valence-electron chi connectivity index (χ1n) is 8.72. The average Bonchev–Trinajstić information content (AvgIpc) is 2.84. The molecular formula is C19H27ClN4O. The van der Waals surface area contributed by atoms with E-state index in [1.165, 1.54) is 0 Å². The van der Waals surface area contributed by atoms with Gasteiger partial charge in [0, 0.05) is 24.5 Å². The van der Waals surface area contributed by atoms with E-state index >= 15 is 0 Å². The molecule has 0 fully saturated rings. The fraction of sp³-hybridized carbons (Fsp3) is 0.474. The van der Waals surface area contributed by atoms with Gasteiger partial charge in [0.15, 0.2) is 0 Å². The van der Waals surface area contributed by atoms with Crippen molar-refractivity contribution < 1.29 is 4.79 Å². The Balaban J connectivity index is 2.00. The Labute approximate surface area is 155 Å². The van der Waals surface area contributed by atoms with Gasteiger partial charge >= 0.3 is 0 Å². The van der Waals surface area contributed by atoms with E-state index in [-0.39, 0.29) is 11.8 Å². The first kappa shape index (κ1) is 19.3. The Morgan fingerprint density at radius 2 is 1.84 bits per heavy atom. The Bertz CT molecular complexity index is 720. The second-order valence-corrected chi connectivity index (χ2v) is 6.65. The zero-order valence-corrected chi connectivity index (χ0v) is 16.4. The van der Waals surface area contributed by atoms with Gasteiger partial charge in [0.25, 0.3) is 0 Å². The molecule has 0 saturated heterocycles. The van der Waals surface area contributed by atoms with Crippen LogP contribution in [0.5, 0.6) is 0 Å². The summed E-state index contributed by atoms with van der Waals surface area (Å²) in [6.07, 6.45) is 0. The Morgan fingerprint density at radius 1 is 1.24 bits per heavy atom. The maximum Gasteiger partial charge on any atom is 0.229 e. The number of hydrogen-bond acceptors (Lipinski definition) is 3. The summed E-state index contributed by atoms with van der Waals surface area (Å²) >= 11 is 6.17. The maximum atomic E-state index is 12.5. The highest BCUT2D eigenvalue weighted by atomic mass is 35.5. The zero-order chi connectivity index (χ0) is 18.6. The molecule has 0 spiro atoms. The predicted molar refractivity (Wildman–Crippen MR) is 105 cm³/mol. The van der Waals surface area contributed by atoms with Crippen molar-refractivity contribution in [1.82, 2.24) is 9.78 Å². The smallest absolute Gasteiger partial charge is 0.229 e. The summed E-state index contributed by atoms with van der Waals surface area (Å²) in [4.78, 5) is 14.7. The molecule has 2 rings (SSSR count). The largest absolute Gasteiger partial charge is 0.372 e. The molecule has 136 valence electrons. The van der Waals surface area contributed by atoms with E-state index in [2.05, 4.69) is 29.2 Å². The molecule has 0 saturated carbocycles. The molecular weight excluding hydrogens is 336 g/mol. The summed E-state index contributed by atoms with van der Waals surface area (Å²) in [5.41, 5.74) is 3.65. The van der Waals surface area contributed by atoms with Gasteiger partial charge in [-0.15, -0.1) is 0 Å². The number of anilines is 2. The number of amides is 1. The summed E-state index contributed by atoms with van der Waals surface area (Å²) in [6, 6.07) is 7.96. The Morgan fingerprint density at radius 3 is 2.32 bits per heavy atom. The molecule has 1 atom stereocenters. The maximum absolute atomic E-state index is 12.5. The number of nitrogens with one attached hydrogen (secondary N) is 1. The molecule has 0 aliphatic carbocycles. The van der Waals surface area contributed by atoms with Crippen LogP contribution in [0.15, 0.2) is 24.3 Å². The van der Waals surface area contributed by atoms with Crippen molar-refractivity contribution >= 4 is 28.9 Å². The Kier molecular flexibility index (Phi) is 6.48. The van der Waals surface area contributed by atoms with E-state index in [1.54, 1.807) is 4.68 Å². The van der Waals surface area contributed by atoms with Gasteiger partial charge in [-0.05, 0) is 52.0 Å². The molecule has 1 heterocycles. The molecule has 25 heavy (non-hydrogen) atoms. The molecule has 1 aromatic carbocycles. The standard InChI is InChI=1S/C19H27ClN4O/c1-6-23(7-2)17-10-8-16(9-11-17)21-19(25)13(3)12-24-15(5)18(20)14(4)22-24/h8-11,13H,6-7,12H2,1-5H3,(H,21,25). The van der Waals surface area contributed by atoms with Gasteiger partial charge in [-0.1, -0.05) is 18.5 Å². The summed E-state index contributed by atoms with van der Waals surface area (Å²) in [5, 5.41) is 8.03. The highest BCUT2D eigenvalue weighted by Gasteiger charge is 2.17. The fourth-order valence-corrected chi connectivity index (χ4v) is 2.94. The van der Waals surface area contributed by atoms with Crippen LogP contribution >= 0.6 is 11.6 Å².